The molecule has 7 heteroatoms. The van der Waals surface area contributed by atoms with Gasteiger partial charge >= 0.3 is 0 Å². The molecule has 7 nitrogen and oxygen atoms in total. The second-order valence-electron chi connectivity index (χ2n) is 7.47. The number of aromatic hydroxyl groups is 1. The molecule has 1 aromatic heterocycles. The van der Waals surface area contributed by atoms with Crippen molar-refractivity contribution in [3.63, 3.8) is 0 Å². The maximum absolute atomic E-state index is 13.1. The van der Waals surface area contributed by atoms with Crippen molar-refractivity contribution in [2.75, 3.05) is 19.8 Å². The van der Waals surface area contributed by atoms with E-state index in [4.69, 9.17) is 4.74 Å². The summed E-state index contributed by atoms with van der Waals surface area (Å²) >= 11 is 0. The Morgan fingerprint density at radius 3 is 2.77 bits per heavy atom. The van der Waals surface area contributed by atoms with Crippen LogP contribution in [0.5, 0.6) is 11.5 Å². The van der Waals surface area contributed by atoms with E-state index in [1.807, 2.05) is 57.2 Å². The molecule has 4 rings (SSSR count). The summed E-state index contributed by atoms with van der Waals surface area (Å²) in [5.41, 5.74) is 4.78. The molecule has 0 saturated heterocycles. The van der Waals surface area contributed by atoms with Crippen LogP contribution in [0.15, 0.2) is 36.4 Å². The molecule has 0 saturated carbocycles. The van der Waals surface area contributed by atoms with Crippen molar-refractivity contribution in [3.8, 4) is 22.8 Å². The highest BCUT2D eigenvalue weighted by Crippen LogP contribution is 2.45. The van der Waals surface area contributed by atoms with E-state index in [1.165, 1.54) is 0 Å². The van der Waals surface area contributed by atoms with E-state index in [1.54, 1.807) is 4.90 Å². The number of H-pyrrole nitrogens is 1. The van der Waals surface area contributed by atoms with Crippen LogP contribution in [0.3, 0.4) is 0 Å². The third-order valence-electron chi connectivity index (χ3n) is 5.39. The maximum atomic E-state index is 13.1. The molecule has 1 unspecified atom stereocenters. The molecule has 2 aromatic carbocycles. The van der Waals surface area contributed by atoms with E-state index < -0.39 is 6.04 Å². The summed E-state index contributed by atoms with van der Waals surface area (Å²) in [7, 11) is 0. The fourth-order valence-corrected chi connectivity index (χ4v) is 4.17. The van der Waals surface area contributed by atoms with Gasteiger partial charge in [-0.15, -0.1) is 0 Å². The second kappa shape index (κ2) is 7.84. The van der Waals surface area contributed by atoms with Crippen LogP contribution in [0.4, 0.5) is 0 Å². The summed E-state index contributed by atoms with van der Waals surface area (Å²) in [6.07, 6.45) is 0. The number of aliphatic hydroxyl groups excluding tert-OH is 1. The van der Waals surface area contributed by atoms with Crippen molar-refractivity contribution in [2.24, 2.45) is 0 Å². The molecule has 0 radical (unpaired) electrons. The quantitative estimate of drug-likeness (QED) is 0.582. The van der Waals surface area contributed by atoms with Crippen LogP contribution < -0.4 is 4.74 Å². The number of amides is 1. The molecule has 3 aromatic rings. The number of phenols is 1. The lowest BCUT2D eigenvalue weighted by Crippen LogP contribution is -2.32. The number of carbonyl (C=O) groups is 1. The first-order chi connectivity index (χ1) is 14.5. The number of rotatable bonds is 6. The number of aryl methyl sites for hydroxylation is 2. The molecule has 1 aliphatic rings. The summed E-state index contributed by atoms with van der Waals surface area (Å²) in [5, 5.41) is 27.6. The Bertz CT molecular complexity index is 1110. The fourth-order valence-electron chi connectivity index (χ4n) is 4.17. The number of hydrogen-bond donors (Lipinski definition) is 3. The van der Waals surface area contributed by atoms with Crippen molar-refractivity contribution in [3.05, 3.63) is 64.3 Å². The zero-order valence-corrected chi connectivity index (χ0v) is 17.3. The highest BCUT2D eigenvalue weighted by Gasteiger charge is 2.42. The van der Waals surface area contributed by atoms with Gasteiger partial charge in [0.2, 0.25) is 0 Å². The minimum absolute atomic E-state index is 0.143. The Morgan fingerprint density at radius 2 is 2.03 bits per heavy atom. The maximum Gasteiger partial charge on any atom is 0.273 e. The van der Waals surface area contributed by atoms with E-state index in [0.29, 0.717) is 34.9 Å². The van der Waals surface area contributed by atoms with Gasteiger partial charge in [-0.3, -0.25) is 9.89 Å². The topological polar surface area (TPSA) is 98.7 Å². The first-order valence-corrected chi connectivity index (χ1v) is 9.99. The van der Waals surface area contributed by atoms with Gasteiger partial charge in [-0.1, -0.05) is 18.2 Å². The van der Waals surface area contributed by atoms with Gasteiger partial charge in [-0.25, -0.2) is 0 Å². The zero-order valence-electron chi connectivity index (χ0n) is 17.3. The molecular formula is C23H25N3O4. The van der Waals surface area contributed by atoms with Gasteiger partial charge in [0, 0.05) is 17.7 Å². The van der Waals surface area contributed by atoms with Crippen LogP contribution in [0, 0.1) is 13.8 Å². The number of benzene rings is 2. The predicted molar refractivity (Wildman–Crippen MR) is 113 cm³/mol. The molecule has 156 valence electrons. The number of nitrogens with zero attached hydrogens (tertiary/aromatic N) is 2. The number of nitrogens with one attached hydrogen (secondary N) is 1. The number of β-amino-alcohol motifs (C(OH)–C–C–N with tert-alkyl or cyclic N) is 1. The summed E-state index contributed by atoms with van der Waals surface area (Å²) < 4.78 is 5.65. The molecule has 1 amide bonds. The highest BCUT2D eigenvalue weighted by molar-refractivity contribution is 6.00. The van der Waals surface area contributed by atoms with Crippen molar-refractivity contribution in [1.82, 2.24) is 15.1 Å². The fraction of sp³-hybridized carbons (Fsp3) is 0.304. The van der Waals surface area contributed by atoms with Gasteiger partial charge in [-0.05, 0) is 55.7 Å². The molecule has 1 aliphatic heterocycles. The molecule has 2 heterocycles. The minimum Gasteiger partial charge on any atom is -0.507 e. The molecule has 0 bridgehead atoms. The number of ether oxygens (including phenoxy) is 1. The van der Waals surface area contributed by atoms with Gasteiger partial charge < -0.3 is 19.8 Å². The van der Waals surface area contributed by atoms with Gasteiger partial charge in [0.25, 0.3) is 5.91 Å². The van der Waals surface area contributed by atoms with Crippen LogP contribution in [0.25, 0.3) is 11.3 Å². The van der Waals surface area contributed by atoms with Gasteiger partial charge in [0.1, 0.15) is 22.9 Å². The number of hydrogen-bond acceptors (Lipinski definition) is 5. The van der Waals surface area contributed by atoms with Crippen molar-refractivity contribution in [2.45, 2.75) is 26.8 Å². The summed E-state index contributed by atoms with van der Waals surface area (Å²) in [4.78, 5) is 14.7. The molecule has 0 fully saturated rings. The van der Waals surface area contributed by atoms with E-state index in [9.17, 15) is 15.0 Å². The molecule has 30 heavy (non-hydrogen) atoms. The van der Waals surface area contributed by atoms with Crippen LogP contribution >= 0.6 is 0 Å². The van der Waals surface area contributed by atoms with Gasteiger partial charge in [-0.2, -0.15) is 5.10 Å². The first-order valence-electron chi connectivity index (χ1n) is 9.99. The number of aromatic amines is 1. The predicted octanol–water partition coefficient (Wildman–Crippen LogP) is 3.34. The molecular weight excluding hydrogens is 382 g/mol. The normalized spacial score (nSPS) is 15.5. The Morgan fingerprint density at radius 1 is 1.23 bits per heavy atom. The number of fused-ring (bicyclic) bond motifs is 1. The van der Waals surface area contributed by atoms with Crippen LogP contribution in [0.1, 0.15) is 45.7 Å². The number of carbonyl (C=O) groups excluding carboxylic acids is 1. The number of phenolic OH excluding ortho intramolecular Hbond substituents is 1. The lowest BCUT2D eigenvalue weighted by molar-refractivity contribution is 0.0706. The lowest BCUT2D eigenvalue weighted by Gasteiger charge is -2.26. The van der Waals surface area contributed by atoms with E-state index in [2.05, 4.69) is 10.2 Å². The highest BCUT2D eigenvalue weighted by atomic mass is 16.5. The van der Waals surface area contributed by atoms with E-state index in [-0.39, 0.29) is 24.8 Å². The van der Waals surface area contributed by atoms with Crippen molar-refractivity contribution >= 4 is 5.91 Å². The largest absolute Gasteiger partial charge is 0.507 e. The average Bonchev–Trinajstić information content (AvgIpc) is 3.25. The molecule has 1 atom stereocenters. The average molecular weight is 407 g/mol. The van der Waals surface area contributed by atoms with Crippen LogP contribution in [-0.4, -0.2) is 51.0 Å². The smallest absolute Gasteiger partial charge is 0.273 e. The minimum atomic E-state index is -0.450. The second-order valence-corrected chi connectivity index (χ2v) is 7.47. The van der Waals surface area contributed by atoms with Crippen LogP contribution in [-0.2, 0) is 0 Å². The third-order valence-corrected chi connectivity index (χ3v) is 5.39. The van der Waals surface area contributed by atoms with Crippen LogP contribution in [0.2, 0.25) is 0 Å². The molecule has 3 N–H and O–H groups in total. The summed E-state index contributed by atoms with van der Waals surface area (Å²) in [5.74, 6) is 0.623. The summed E-state index contributed by atoms with van der Waals surface area (Å²) in [6.45, 7) is 6.27. The van der Waals surface area contributed by atoms with Crippen molar-refractivity contribution < 1.29 is 19.7 Å². The number of aliphatic hydroxyl groups is 1. The number of aromatic nitrogens is 2. The lowest BCUT2D eigenvalue weighted by atomic mass is 9.94. The standard InChI is InChI=1S/C23H25N3O4/c1-4-30-16-7-5-6-15(12-16)21-18-19(17-11-13(2)10-14(3)22(17)28)24-25-20(18)23(29)26(21)8-9-27/h5-7,10-12,21,27-28H,4,8-9H2,1-3H3,(H,24,25). The Balaban J connectivity index is 1.92. The third kappa shape index (κ3) is 3.21. The first kappa shape index (κ1) is 20.0. The molecule has 0 aliphatic carbocycles. The monoisotopic (exact) mass is 407 g/mol. The summed E-state index contributed by atoms with van der Waals surface area (Å²) in [6, 6.07) is 10.9. The molecule has 0 spiro atoms. The van der Waals surface area contributed by atoms with Gasteiger partial charge in [0.15, 0.2) is 0 Å². The van der Waals surface area contributed by atoms with E-state index >= 15 is 0 Å². The van der Waals surface area contributed by atoms with Gasteiger partial charge in [0.05, 0.1) is 19.3 Å². The Labute approximate surface area is 174 Å². The van der Waals surface area contributed by atoms with Crippen molar-refractivity contribution in [1.29, 1.82) is 0 Å². The van der Waals surface area contributed by atoms with E-state index in [0.717, 1.165) is 16.7 Å². The zero-order chi connectivity index (χ0) is 21.4. The Hall–Kier alpha value is -3.32. The Kier molecular flexibility index (Phi) is 5.22. The SMILES string of the molecule is CCOc1cccc(C2c3c(-c4cc(C)cc(C)c4O)n[nH]c3C(=O)N2CCO)c1.